The van der Waals surface area contributed by atoms with Crippen LogP contribution in [0.25, 0.3) is 0 Å². The van der Waals surface area contributed by atoms with Crippen molar-refractivity contribution in [2.45, 2.75) is 56.8 Å². The Morgan fingerprint density at radius 2 is 1.66 bits per heavy atom. The maximum atomic E-state index is 10.5. The summed E-state index contributed by atoms with van der Waals surface area (Å²) in [5.41, 5.74) is 2.24. The van der Waals surface area contributed by atoms with Crippen LogP contribution in [-0.2, 0) is 16.8 Å². The summed E-state index contributed by atoms with van der Waals surface area (Å²) < 4.78 is 12.0. The van der Waals surface area contributed by atoms with E-state index in [0.29, 0.717) is 24.0 Å². The van der Waals surface area contributed by atoms with Crippen molar-refractivity contribution in [2.24, 2.45) is 0 Å². The summed E-state index contributed by atoms with van der Waals surface area (Å²) >= 11 is 6.55. The number of likely N-dealkylation sites (tertiary alicyclic amines) is 1. The molecule has 1 atom stereocenters. The van der Waals surface area contributed by atoms with Crippen molar-refractivity contribution < 1.29 is 9.47 Å². The topological polar surface area (TPSA) is 45.5 Å². The molecule has 0 saturated carbocycles. The van der Waals surface area contributed by atoms with Gasteiger partial charge < -0.3 is 9.47 Å². The molecule has 0 bridgehead atoms. The molecule has 1 aliphatic rings. The van der Waals surface area contributed by atoms with Crippen molar-refractivity contribution in [3.05, 3.63) is 113 Å². The van der Waals surface area contributed by atoms with Gasteiger partial charge in [0.25, 0.3) is 0 Å². The van der Waals surface area contributed by atoms with E-state index in [4.69, 9.17) is 21.1 Å². The number of ether oxygens (including phenoxy) is 2. The van der Waals surface area contributed by atoms with E-state index >= 15 is 0 Å². The van der Waals surface area contributed by atoms with Crippen molar-refractivity contribution >= 4 is 11.6 Å². The highest BCUT2D eigenvalue weighted by atomic mass is 35.5. The van der Waals surface area contributed by atoms with E-state index < -0.39 is 5.41 Å². The summed E-state index contributed by atoms with van der Waals surface area (Å²) in [5, 5.41) is 11.1. The van der Waals surface area contributed by atoms with E-state index in [-0.39, 0.29) is 11.6 Å². The van der Waals surface area contributed by atoms with Gasteiger partial charge in [0.15, 0.2) is 0 Å². The molecule has 4 rings (SSSR count). The molecular weight excluding hydrogens is 492 g/mol. The second kappa shape index (κ2) is 12.6. The average Bonchev–Trinajstić information content (AvgIpc) is 3.44. The molecule has 0 amide bonds. The third kappa shape index (κ3) is 6.30. The lowest BCUT2D eigenvalue weighted by molar-refractivity contribution is 0.0340. The second-order valence-electron chi connectivity index (χ2n) is 10.6. The van der Waals surface area contributed by atoms with Gasteiger partial charge in [0.1, 0.15) is 17.8 Å². The van der Waals surface area contributed by atoms with Crippen LogP contribution in [0.4, 0.5) is 0 Å². The molecule has 1 saturated heterocycles. The average molecular weight is 529 g/mol. The van der Waals surface area contributed by atoms with E-state index in [0.717, 1.165) is 49.0 Å². The first-order valence-electron chi connectivity index (χ1n) is 13.3. The molecule has 38 heavy (non-hydrogen) atoms. The smallest absolute Gasteiger partial charge is 0.138 e. The lowest BCUT2D eigenvalue weighted by Crippen LogP contribution is -2.44. The van der Waals surface area contributed by atoms with E-state index in [1.54, 1.807) is 6.08 Å². The Balaban J connectivity index is 1.41. The molecular formula is C33H37ClN2O2. The number of halogens is 1. The lowest BCUT2D eigenvalue weighted by Gasteiger charge is -2.38. The maximum Gasteiger partial charge on any atom is 0.138 e. The van der Waals surface area contributed by atoms with E-state index in [2.05, 4.69) is 55.7 Å². The molecule has 0 aromatic heterocycles. The van der Waals surface area contributed by atoms with Gasteiger partial charge in [-0.3, -0.25) is 4.90 Å². The van der Waals surface area contributed by atoms with Gasteiger partial charge in [-0.1, -0.05) is 97.1 Å². The van der Waals surface area contributed by atoms with Gasteiger partial charge in [0.05, 0.1) is 23.8 Å². The third-order valence-corrected chi connectivity index (χ3v) is 8.14. The van der Waals surface area contributed by atoms with Crippen LogP contribution in [0.5, 0.6) is 5.75 Å². The summed E-state index contributed by atoms with van der Waals surface area (Å²) in [5.74, 6) is 0.652. The van der Waals surface area contributed by atoms with Crippen molar-refractivity contribution in [3.63, 3.8) is 0 Å². The Morgan fingerprint density at radius 3 is 2.26 bits per heavy atom. The highest BCUT2D eigenvalue weighted by molar-refractivity contribution is 6.32. The number of benzene rings is 3. The van der Waals surface area contributed by atoms with Gasteiger partial charge in [0, 0.05) is 24.2 Å². The highest BCUT2D eigenvalue weighted by Gasteiger charge is 2.39. The number of rotatable bonds is 12. The Hall–Kier alpha value is -3.10. The zero-order valence-corrected chi connectivity index (χ0v) is 23.2. The fourth-order valence-electron chi connectivity index (χ4n) is 5.29. The number of hydrogen-bond donors (Lipinski definition) is 0. The molecule has 0 aliphatic carbocycles. The molecule has 0 spiro atoms. The van der Waals surface area contributed by atoms with Crippen LogP contribution in [0.3, 0.4) is 0 Å². The summed E-state index contributed by atoms with van der Waals surface area (Å²) in [6, 6.07) is 28.9. The standard InChI is InChI=1S/C33H37ClN2O2/c1-4-22-37-30-17-11-12-26(31(30)34)24-38-29-18-21-36(23-29)32(2,3)19-20-33(25-35,27-13-7-5-8-14-27)28-15-9-6-10-16-28/h4-17,29H,1,18-24H2,2-3H3/t29-/m1/s1. The molecule has 0 radical (unpaired) electrons. The number of nitriles is 1. The van der Waals surface area contributed by atoms with Gasteiger partial charge in [-0.15, -0.1) is 0 Å². The van der Waals surface area contributed by atoms with Crippen LogP contribution in [0.2, 0.25) is 5.02 Å². The summed E-state index contributed by atoms with van der Waals surface area (Å²) in [6.07, 6.45) is 4.42. The molecule has 1 fully saturated rings. The highest BCUT2D eigenvalue weighted by Crippen LogP contribution is 2.39. The summed E-state index contributed by atoms with van der Waals surface area (Å²) in [6.45, 7) is 10.9. The quantitative estimate of drug-likeness (QED) is 0.227. The molecule has 198 valence electrons. The zero-order valence-electron chi connectivity index (χ0n) is 22.4. The first-order valence-corrected chi connectivity index (χ1v) is 13.7. The van der Waals surface area contributed by atoms with Crippen LogP contribution in [0.1, 0.15) is 49.8 Å². The fraction of sp³-hybridized carbons (Fsp3) is 0.364. The minimum atomic E-state index is -0.690. The van der Waals surface area contributed by atoms with Crippen molar-refractivity contribution in [1.82, 2.24) is 4.90 Å². The molecule has 4 nitrogen and oxygen atoms in total. The Labute approximate surface area is 232 Å². The molecule has 1 heterocycles. The van der Waals surface area contributed by atoms with Gasteiger partial charge in [0.2, 0.25) is 0 Å². The first-order chi connectivity index (χ1) is 18.4. The van der Waals surface area contributed by atoms with Crippen LogP contribution in [-0.4, -0.2) is 36.2 Å². The molecule has 0 N–H and O–H groups in total. The minimum absolute atomic E-state index is 0.0835. The normalized spacial score (nSPS) is 16.2. The summed E-state index contributed by atoms with van der Waals surface area (Å²) in [4.78, 5) is 2.50. The molecule has 1 aliphatic heterocycles. The predicted molar refractivity (Wildman–Crippen MR) is 155 cm³/mol. The SMILES string of the molecule is C=CCOc1cccc(CO[C@@H]2CCN(C(C)(C)CCC(C#N)(c3ccccc3)c3ccccc3)C2)c1Cl. The van der Waals surface area contributed by atoms with E-state index in [1.165, 1.54) is 0 Å². The second-order valence-corrected chi connectivity index (χ2v) is 10.9. The largest absolute Gasteiger partial charge is 0.488 e. The number of hydrogen-bond acceptors (Lipinski definition) is 4. The number of nitrogens with zero attached hydrogens (tertiary/aromatic N) is 2. The molecule has 0 unspecified atom stereocenters. The van der Waals surface area contributed by atoms with Crippen LogP contribution in [0, 0.1) is 11.3 Å². The predicted octanol–water partition coefficient (Wildman–Crippen LogP) is 7.56. The lowest BCUT2D eigenvalue weighted by atomic mass is 9.70. The fourth-order valence-corrected chi connectivity index (χ4v) is 5.52. The van der Waals surface area contributed by atoms with Crippen LogP contribution >= 0.6 is 11.6 Å². The van der Waals surface area contributed by atoms with Crippen LogP contribution in [0.15, 0.2) is 91.5 Å². The Bertz CT molecular complexity index is 1200. The van der Waals surface area contributed by atoms with Crippen molar-refractivity contribution in [3.8, 4) is 11.8 Å². The summed E-state index contributed by atoms with van der Waals surface area (Å²) in [7, 11) is 0. The molecule has 3 aromatic carbocycles. The van der Waals surface area contributed by atoms with Gasteiger partial charge in [-0.25, -0.2) is 0 Å². The first kappa shape index (κ1) is 27.9. The maximum absolute atomic E-state index is 10.5. The molecule has 5 heteroatoms. The van der Waals surface area contributed by atoms with Gasteiger partial charge in [-0.05, 0) is 50.3 Å². The van der Waals surface area contributed by atoms with E-state index in [9.17, 15) is 5.26 Å². The zero-order chi connectivity index (χ0) is 27.0. The van der Waals surface area contributed by atoms with Crippen molar-refractivity contribution in [1.29, 1.82) is 5.26 Å². The van der Waals surface area contributed by atoms with E-state index in [1.807, 2.05) is 54.6 Å². The Kier molecular flexibility index (Phi) is 9.28. The minimum Gasteiger partial charge on any atom is -0.488 e. The Morgan fingerprint density at radius 1 is 1.00 bits per heavy atom. The van der Waals surface area contributed by atoms with Crippen molar-refractivity contribution in [2.75, 3.05) is 19.7 Å². The van der Waals surface area contributed by atoms with Gasteiger partial charge in [-0.2, -0.15) is 5.26 Å². The molecule has 3 aromatic rings. The van der Waals surface area contributed by atoms with Crippen LogP contribution < -0.4 is 4.74 Å². The monoisotopic (exact) mass is 528 g/mol. The van der Waals surface area contributed by atoms with Gasteiger partial charge >= 0.3 is 0 Å². The third-order valence-electron chi connectivity index (χ3n) is 7.71.